The Kier molecular flexibility index (Phi) is 16.4. The van der Waals surface area contributed by atoms with E-state index in [1.54, 1.807) is 0 Å². The lowest BCUT2D eigenvalue weighted by Crippen LogP contribution is -2.22. The Hall–Kier alpha value is -0.380. The van der Waals surface area contributed by atoms with E-state index in [4.69, 9.17) is 14.9 Å². The van der Waals surface area contributed by atoms with Crippen LogP contribution in [0.1, 0.15) is 71.1 Å². The van der Waals surface area contributed by atoms with Crippen molar-refractivity contribution in [2.75, 3.05) is 19.8 Å². The zero-order chi connectivity index (χ0) is 14.9. The Labute approximate surface area is 125 Å². The molecule has 3 heteroatoms. The first-order valence-corrected chi connectivity index (χ1v) is 8.33. The average Bonchev–Trinajstić information content (AvgIpc) is 2.48. The molecule has 0 bridgehead atoms. The van der Waals surface area contributed by atoms with Gasteiger partial charge in [-0.3, -0.25) is 0 Å². The highest BCUT2D eigenvalue weighted by Gasteiger charge is 2.04. The molecular formula is C17H34O3. The summed E-state index contributed by atoms with van der Waals surface area (Å²) in [5.41, 5.74) is 0. The normalized spacial score (nSPS) is 11.8. The lowest BCUT2D eigenvalue weighted by molar-refractivity contribution is -0.0208. The Morgan fingerprint density at radius 3 is 1.95 bits per heavy atom. The summed E-state index contributed by atoms with van der Waals surface area (Å²) in [6, 6.07) is 0. The van der Waals surface area contributed by atoms with E-state index in [0.717, 1.165) is 6.42 Å². The van der Waals surface area contributed by atoms with Crippen LogP contribution in [0.3, 0.4) is 0 Å². The van der Waals surface area contributed by atoms with Crippen LogP contribution in [0.4, 0.5) is 0 Å². The second kappa shape index (κ2) is 16.7. The number of unbranched alkanes of at least 4 members (excludes halogenated alkanes) is 8. The summed E-state index contributed by atoms with van der Waals surface area (Å²) in [6.45, 7) is 2.68. The van der Waals surface area contributed by atoms with Gasteiger partial charge in [-0.05, 0) is 25.7 Å². The minimum Gasteiger partial charge on any atom is -0.394 e. The van der Waals surface area contributed by atoms with E-state index < -0.39 is 6.10 Å². The maximum absolute atomic E-state index is 8.83. The van der Waals surface area contributed by atoms with Crippen molar-refractivity contribution in [1.29, 1.82) is 0 Å². The predicted molar refractivity (Wildman–Crippen MR) is 84.9 cm³/mol. The third kappa shape index (κ3) is 14.0. The first kappa shape index (κ1) is 19.6. The molecule has 0 radical (unpaired) electrons. The number of rotatable bonds is 15. The van der Waals surface area contributed by atoms with E-state index in [1.807, 2.05) is 0 Å². The van der Waals surface area contributed by atoms with Gasteiger partial charge in [-0.1, -0.05) is 57.6 Å². The van der Waals surface area contributed by atoms with Gasteiger partial charge in [-0.15, -0.1) is 0 Å². The van der Waals surface area contributed by atoms with E-state index in [9.17, 15) is 0 Å². The fraction of sp³-hybridized carbons (Fsp3) is 0.882. The molecule has 0 aromatic carbocycles. The molecule has 0 saturated carbocycles. The number of hydrogen-bond acceptors (Lipinski definition) is 3. The van der Waals surface area contributed by atoms with Crippen LogP contribution in [-0.4, -0.2) is 36.1 Å². The van der Waals surface area contributed by atoms with Crippen LogP contribution >= 0.6 is 0 Å². The third-order valence-corrected chi connectivity index (χ3v) is 3.42. The molecule has 20 heavy (non-hydrogen) atoms. The van der Waals surface area contributed by atoms with Gasteiger partial charge < -0.3 is 14.9 Å². The van der Waals surface area contributed by atoms with Gasteiger partial charge in [0.2, 0.25) is 0 Å². The summed E-state index contributed by atoms with van der Waals surface area (Å²) < 4.78 is 5.32. The molecule has 0 aromatic heterocycles. The van der Waals surface area contributed by atoms with Crippen LogP contribution in [0.25, 0.3) is 0 Å². The molecule has 0 aromatic rings. The molecule has 0 aliphatic rings. The molecule has 0 saturated heterocycles. The first-order valence-electron chi connectivity index (χ1n) is 8.33. The lowest BCUT2D eigenvalue weighted by atomic mass is 10.1. The highest BCUT2D eigenvalue weighted by molar-refractivity contribution is 4.81. The van der Waals surface area contributed by atoms with Crippen molar-refractivity contribution in [3.05, 3.63) is 12.2 Å². The van der Waals surface area contributed by atoms with Gasteiger partial charge in [0.15, 0.2) is 0 Å². The number of aliphatic hydroxyl groups is 2. The van der Waals surface area contributed by atoms with Gasteiger partial charge >= 0.3 is 0 Å². The summed E-state index contributed by atoms with van der Waals surface area (Å²) in [7, 11) is 0. The van der Waals surface area contributed by atoms with E-state index in [2.05, 4.69) is 19.1 Å². The number of allylic oxidation sites excluding steroid dienone is 2. The molecule has 0 fully saturated rings. The molecule has 0 heterocycles. The highest BCUT2D eigenvalue weighted by Crippen LogP contribution is 2.08. The maximum atomic E-state index is 8.83. The van der Waals surface area contributed by atoms with Crippen molar-refractivity contribution in [2.24, 2.45) is 0 Å². The number of ether oxygens (including phenoxy) is 1. The van der Waals surface area contributed by atoms with Crippen LogP contribution in [0.2, 0.25) is 0 Å². The zero-order valence-electron chi connectivity index (χ0n) is 13.2. The molecular weight excluding hydrogens is 252 g/mol. The van der Waals surface area contributed by atoms with E-state index in [-0.39, 0.29) is 13.2 Å². The third-order valence-electron chi connectivity index (χ3n) is 3.42. The van der Waals surface area contributed by atoms with E-state index in [0.29, 0.717) is 6.61 Å². The lowest BCUT2D eigenvalue weighted by Gasteiger charge is -2.11. The smallest absolute Gasteiger partial charge is 0.104 e. The molecule has 2 N–H and O–H groups in total. The molecule has 0 spiro atoms. The second-order valence-electron chi connectivity index (χ2n) is 5.38. The summed E-state index contributed by atoms with van der Waals surface area (Å²) >= 11 is 0. The van der Waals surface area contributed by atoms with Gasteiger partial charge in [-0.2, -0.15) is 0 Å². The number of aliphatic hydroxyl groups excluding tert-OH is 2. The van der Waals surface area contributed by atoms with Gasteiger partial charge in [0, 0.05) is 6.61 Å². The Bertz CT molecular complexity index is 200. The Morgan fingerprint density at radius 2 is 1.35 bits per heavy atom. The first-order chi connectivity index (χ1) is 9.85. The summed E-state index contributed by atoms with van der Waals surface area (Å²) in [5.74, 6) is 0. The molecule has 120 valence electrons. The molecule has 0 atom stereocenters. The van der Waals surface area contributed by atoms with Crippen molar-refractivity contribution in [3.63, 3.8) is 0 Å². The highest BCUT2D eigenvalue weighted by atomic mass is 16.5. The van der Waals surface area contributed by atoms with Gasteiger partial charge in [0.25, 0.3) is 0 Å². The molecule has 3 nitrogen and oxygen atoms in total. The van der Waals surface area contributed by atoms with Crippen LogP contribution in [0, 0.1) is 0 Å². The van der Waals surface area contributed by atoms with Crippen molar-refractivity contribution >= 4 is 0 Å². The van der Waals surface area contributed by atoms with Crippen molar-refractivity contribution in [2.45, 2.75) is 77.2 Å². The topological polar surface area (TPSA) is 49.7 Å². The number of hydrogen-bond donors (Lipinski definition) is 2. The standard InChI is InChI=1S/C17H34O3/c1-2-3-4-5-6-7-8-9-10-11-12-13-14-20-17(15-18)16-19/h5-6,17-19H,2-4,7-16H2,1H3/b6-5-. The largest absolute Gasteiger partial charge is 0.394 e. The zero-order valence-corrected chi connectivity index (χ0v) is 13.2. The molecule has 0 unspecified atom stereocenters. The maximum Gasteiger partial charge on any atom is 0.104 e. The van der Waals surface area contributed by atoms with Crippen LogP contribution in [0.5, 0.6) is 0 Å². The molecule has 0 aliphatic carbocycles. The van der Waals surface area contributed by atoms with E-state index in [1.165, 1.54) is 57.8 Å². The van der Waals surface area contributed by atoms with E-state index >= 15 is 0 Å². The summed E-state index contributed by atoms with van der Waals surface area (Å²) in [4.78, 5) is 0. The van der Waals surface area contributed by atoms with Crippen molar-refractivity contribution < 1.29 is 14.9 Å². The molecule has 0 amide bonds. The van der Waals surface area contributed by atoms with Crippen LogP contribution in [-0.2, 0) is 4.74 Å². The SMILES string of the molecule is CCCC/C=C\CCCCCCCCOC(CO)CO. The minimum absolute atomic E-state index is 0.0950. The predicted octanol–water partition coefficient (Wildman–Crippen LogP) is 3.83. The summed E-state index contributed by atoms with van der Waals surface area (Å²) in [5, 5.41) is 17.7. The van der Waals surface area contributed by atoms with Crippen LogP contribution in [0.15, 0.2) is 12.2 Å². The average molecular weight is 286 g/mol. The van der Waals surface area contributed by atoms with Gasteiger partial charge in [0.05, 0.1) is 13.2 Å². The van der Waals surface area contributed by atoms with Crippen LogP contribution < -0.4 is 0 Å². The fourth-order valence-corrected chi connectivity index (χ4v) is 2.04. The molecule has 0 aliphatic heterocycles. The fourth-order valence-electron chi connectivity index (χ4n) is 2.04. The quantitative estimate of drug-likeness (QED) is 0.355. The van der Waals surface area contributed by atoms with Gasteiger partial charge in [-0.25, -0.2) is 0 Å². The Morgan fingerprint density at radius 1 is 0.800 bits per heavy atom. The molecule has 0 rings (SSSR count). The second-order valence-corrected chi connectivity index (χ2v) is 5.38. The van der Waals surface area contributed by atoms with Crippen molar-refractivity contribution in [3.8, 4) is 0 Å². The van der Waals surface area contributed by atoms with Gasteiger partial charge in [0.1, 0.15) is 6.10 Å². The Balaban J connectivity index is 3.11. The minimum atomic E-state index is -0.394. The monoisotopic (exact) mass is 286 g/mol. The summed E-state index contributed by atoms with van der Waals surface area (Å²) in [6.07, 6.45) is 16.7. The van der Waals surface area contributed by atoms with Crippen molar-refractivity contribution in [1.82, 2.24) is 0 Å².